The molecule has 1 saturated heterocycles. The third kappa shape index (κ3) is 4.30. The van der Waals surface area contributed by atoms with Gasteiger partial charge in [0.15, 0.2) is 5.69 Å². The van der Waals surface area contributed by atoms with Gasteiger partial charge in [-0.25, -0.2) is 4.79 Å². The van der Waals surface area contributed by atoms with E-state index in [1.807, 2.05) is 29.1 Å². The molecule has 1 aromatic carbocycles. The van der Waals surface area contributed by atoms with Crippen molar-refractivity contribution in [3.05, 3.63) is 65.2 Å². The third-order valence-corrected chi connectivity index (χ3v) is 6.98. The molecule has 3 amide bonds. The molecule has 34 heavy (non-hydrogen) atoms. The topological polar surface area (TPSA) is 108 Å². The largest absolute Gasteiger partial charge is 0.338 e. The number of carbonyl (C=O) groups is 2. The molecule has 178 valence electrons. The Morgan fingerprint density at radius 3 is 2.82 bits per heavy atom. The number of hydrogen-bond acceptors (Lipinski definition) is 4. The van der Waals surface area contributed by atoms with Crippen molar-refractivity contribution in [2.24, 2.45) is 11.3 Å². The number of nitrogens with one attached hydrogen (secondary N) is 3. The molecule has 9 heteroatoms. The minimum atomic E-state index is -0.224. The summed E-state index contributed by atoms with van der Waals surface area (Å²) in [7, 11) is 1.80. The number of aromatic amines is 1. The number of amides is 3. The summed E-state index contributed by atoms with van der Waals surface area (Å²) in [6, 6.07) is 9.97. The van der Waals surface area contributed by atoms with E-state index in [4.69, 9.17) is 0 Å². The standard InChI is InChI=1S/C25H31N7O2/c1-25(2)10-9-19-20(11-25)29-30-21(19)23(33)28-18-13-27-32(15-18)22(16-7-5-4-6-8-16)17-12-26-24(34)31(3)14-17/h4-8,13,15,17,22H,9-12,14H2,1-3H3,(H,26,34)(H,28,33)(H,29,30). The first-order valence-electron chi connectivity index (χ1n) is 11.8. The molecule has 1 fully saturated rings. The molecule has 3 aromatic rings. The molecule has 0 radical (unpaired) electrons. The van der Waals surface area contributed by atoms with Crippen LogP contribution in [-0.2, 0) is 12.8 Å². The van der Waals surface area contributed by atoms with Crippen LogP contribution < -0.4 is 10.6 Å². The van der Waals surface area contributed by atoms with Gasteiger partial charge in [-0.05, 0) is 30.2 Å². The summed E-state index contributed by atoms with van der Waals surface area (Å²) in [4.78, 5) is 26.7. The number of H-pyrrole nitrogens is 1. The van der Waals surface area contributed by atoms with Crippen LogP contribution in [0.15, 0.2) is 42.7 Å². The van der Waals surface area contributed by atoms with Gasteiger partial charge in [-0.1, -0.05) is 44.2 Å². The number of urea groups is 1. The van der Waals surface area contributed by atoms with Gasteiger partial charge in [0.2, 0.25) is 0 Å². The Bertz CT molecular complexity index is 1200. The lowest BCUT2D eigenvalue weighted by atomic mass is 9.76. The van der Waals surface area contributed by atoms with E-state index in [1.165, 1.54) is 0 Å². The van der Waals surface area contributed by atoms with Crippen LogP contribution in [-0.4, -0.2) is 57.0 Å². The first kappa shape index (κ1) is 22.2. The number of hydrogen-bond donors (Lipinski definition) is 3. The van der Waals surface area contributed by atoms with Crippen LogP contribution in [0.3, 0.4) is 0 Å². The Labute approximate surface area is 198 Å². The van der Waals surface area contributed by atoms with Gasteiger partial charge in [-0.3, -0.25) is 14.6 Å². The van der Waals surface area contributed by atoms with Gasteiger partial charge >= 0.3 is 6.03 Å². The molecule has 1 aliphatic heterocycles. The van der Waals surface area contributed by atoms with Gasteiger partial charge in [-0.15, -0.1) is 0 Å². The van der Waals surface area contributed by atoms with Crippen molar-refractivity contribution in [1.82, 2.24) is 30.2 Å². The van der Waals surface area contributed by atoms with Crippen molar-refractivity contribution in [3.8, 4) is 0 Å². The minimum Gasteiger partial charge on any atom is -0.338 e. The van der Waals surface area contributed by atoms with Crippen LogP contribution >= 0.6 is 0 Å². The van der Waals surface area contributed by atoms with E-state index in [-0.39, 0.29) is 29.3 Å². The van der Waals surface area contributed by atoms with Gasteiger partial charge in [0.25, 0.3) is 5.91 Å². The number of anilines is 1. The maximum Gasteiger partial charge on any atom is 0.317 e. The molecule has 3 heterocycles. The number of benzene rings is 1. The van der Waals surface area contributed by atoms with Crippen LogP contribution in [0.2, 0.25) is 0 Å². The Hall–Kier alpha value is -3.62. The van der Waals surface area contributed by atoms with Crippen molar-refractivity contribution >= 4 is 17.6 Å². The Morgan fingerprint density at radius 1 is 1.26 bits per heavy atom. The summed E-state index contributed by atoms with van der Waals surface area (Å²) in [6.07, 6.45) is 6.29. The summed E-state index contributed by atoms with van der Waals surface area (Å²) in [5.41, 5.74) is 4.48. The number of rotatable bonds is 5. The van der Waals surface area contributed by atoms with E-state index in [2.05, 4.69) is 51.9 Å². The van der Waals surface area contributed by atoms with Gasteiger partial charge in [0, 0.05) is 43.5 Å². The molecule has 2 aliphatic rings. The highest BCUT2D eigenvalue weighted by Crippen LogP contribution is 2.35. The molecule has 0 saturated carbocycles. The minimum absolute atomic E-state index is 0.0674. The highest BCUT2D eigenvalue weighted by atomic mass is 16.2. The average molecular weight is 462 g/mol. The molecular formula is C25H31N7O2. The lowest BCUT2D eigenvalue weighted by Crippen LogP contribution is -2.51. The fourth-order valence-electron chi connectivity index (χ4n) is 5.14. The van der Waals surface area contributed by atoms with Crippen LogP contribution in [0.4, 0.5) is 10.5 Å². The van der Waals surface area contributed by atoms with Crippen molar-refractivity contribution in [3.63, 3.8) is 0 Å². The van der Waals surface area contributed by atoms with Crippen molar-refractivity contribution in [1.29, 1.82) is 0 Å². The smallest absolute Gasteiger partial charge is 0.317 e. The highest BCUT2D eigenvalue weighted by molar-refractivity contribution is 6.03. The monoisotopic (exact) mass is 461 g/mol. The molecule has 3 N–H and O–H groups in total. The molecule has 2 aromatic heterocycles. The second kappa shape index (κ2) is 8.62. The van der Waals surface area contributed by atoms with Crippen LogP contribution in [0, 0.1) is 11.3 Å². The highest BCUT2D eigenvalue weighted by Gasteiger charge is 2.33. The second-order valence-electron chi connectivity index (χ2n) is 10.2. The van der Waals surface area contributed by atoms with E-state index in [0.717, 1.165) is 36.1 Å². The molecule has 2 unspecified atom stereocenters. The van der Waals surface area contributed by atoms with Gasteiger partial charge in [-0.2, -0.15) is 10.2 Å². The van der Waals surface area contributed by atoms with E-state index in [1.54, 1.807) is 18.1 Å². The second-order valence-corrected chi connectivity index (χ2v) is 10.2. The van der Waals surface area contributed by atoms with E-state index in [0.29, 0.717) is 24.5 Å². The van der Waals surface area contributed by atoms with Gasteiger partial charge in [0.05, 0.1) is 17.9 Å². The number of carbonyl (C=O) groups excluding carboxylic acids is 2. The SMILES string of the molecule is CN1CC(C(c2ccccc2)n2cc(NC(=O)c3n[nH]c4c3CCC(C)(C)C4)cn2)CNC1=O. The quantitative estimate of drug-likeness (QED) is 0.542. The van der Waals surface area contributed by atoms with Crippen molar-refractivity contribution in [2.75, 3.05) is 25.5 Å². The molecule has 5 rings (SSSR count). The molecule has 2 atom stereocenters. The first-order valence-corrected chi connectivity index (χ1v) is 11.8. The third-order valence-electron chi connectivity index (χ3n) is 6.98. The molecule has 9 nitrogen and oxygen atoms in total. The van der Waals surface area contributed by atoms with Crippen LogP contribution in [0.25, 0.3) is 0 Å². The average Bonchev–Trinajstić information content (AvgIpc) is 3.43. The maximum absolute atomic E-state index is 13.1. The predicted octanol–water partition coefficient (Wildman–Crippen LogP) is 3.23. The molecular weight excluding hydrogens is 430 g/mol. The van der Waals surface area contributed by atoms with Crippen LogP contribution in [0.1, 0.15) is 53.6 Å². The normalized spacial score (nSPS) is 20.4. The van der Waals surface area contributed by atoms with E-state index in [9.17, 15) is 9.59 Å². The molecule has 1 aliphatic carbocycles. The maximum atomic E-state index is 13.1. The van der Waals surface area contributed by atoms with Crippen molar-refractivity contribution in [2.45, 2.75) is 39.2 Å². The van der Waals surface area contributed by atoms with E-state index < -0.39 is 0 Å². The van der Waals surface area contributed by atoms with E-state index >= 15 is 0 Å². The zero-order valence-electron chi connectivity index (χ0n) is 19.8. The summed E-state index contributed by atoms with van der Waals surface area (Å²) in [5, 5.41) is 17.9. The number of fused-ring (bicyclic) bond motifs is 1. The summed E-state index contributed by atoms with van der Waals surface area (Å²) < 4.78 is 1.88. The first-order chi connectivity index (χ1) is 16.3. The summed E-state index contributed by atoms with van der Waals surface area (Å²) >= 11 is 0. The van der Waals surface area contributed by atoms with Gasteiger partial charge < -0.3 is 15.5 Å². The van der Waals surface area contributed by atoms with Crippen LogP contribution in [0.5, 0.6) is 0 Å². The summed E-state index contributed by atoms with van der Waals surface area (Å²) in [6.45, 7) is 5.65. The predicted molar refractivity (Wildman–Crippen MR) is 129 cm³/mol. The summed E-state index contributed by atoms with van der Waals surface area (Å²) in [5.74, 6) is -0.104. The lowest BCUT2D eigenvalue weighted by Gasteiger charge is -2.35. The molecule has 0 spiro atoms. The zero-order chi connectivity index (χ0) is 23.9. The fraction of sp³-hybridized carbons (Fsp3) is 0.440. The molecule has 0 bridgehead atoms. The van der Waals surface area contributed by atoms with Gasteiger partial charge in [0.1, 0.15) is 0 Å². The Morgan fingerprint density at radius 2 is 2.06 bits per heavy atom. The zero-order valence-corrected chi connectivity index (χ0v) is 19.8. The lowest BCUT2D eigenvalue weighted by molar-refractivity contribution is 0.102. The fourth-order valence-corrected chi connectivity index (χ4v) is 5.14. The number of nitrogens with zero attached hydrogens (tertiary/aromatic N) is 4. The van der Waals surface area contributed by atoms with Crippen molar-refractivity contribution < 1.29 is 9.59 Å². The Balaban J connectivity index is 1.37. The Kier molecular flexibility index (Phi) is 5.63. The number of aromatic nitrogens is 4.